The van der Waals surface area contributed by atoms with Gasteiger partial charge in [-0.25, -0.2) is 0 Å². The Kier molecular flexibility index (Phi) is 3.69. The number of carbonyl (C=O) groups is 1. The summed E-state index contributed by atoms with van der Waals surface area (Å²) in [5, 5.41) is 8.52. The van der Waals surface area contributed by atoms with Gasteiger partial charge >= 0.3 is 12.3 Å². The molecule has 0 aromatic heterocycles. The summed E-state index contributed by atoms with van der Waals surface area (Å²) in [6.45, 7) is 0. The molecule has 0 aliphatic carbocycles. The van der Waals surface area contributed by atoms with Gasteiger partial charge in [0.1, 0.15) is 5.75 Å². The van der Waals surface area contributed by atoms with Crippen LogP contribution in [-0.2, 0) is 11.2 Å². The summed E-state index contributed by atoms with van der Waals surface area (Å²) in [6, 6.07) is 3.54. The van der Waals surface area contributed by atoms with E-state index in [1.54, 1.807) is 0 Å². The van der Waals surface area contributed by atoms with Gasteiger partial charge < -0.3 is 9.84 Å². The molecule has 1 rings (SSSR count). The standard InChI is InChI=1S/C9H7F3O3S/c10-9(11,12)15-7-2-1-6(16)3-5(7)4-8(13)14/h1-3,16H,4H2,(H,13,14). The number of carboxylic acid groups (broad SMARTS) is 1. The number of hydrogen-bond acceptors (Lipinski definition) is 3. The summed E-state index contributed by atoms with van der Waals surface area (Å²) in [5.74, 6) is -1.77. The maximum Gasteiger partial charge on any atom is 0.573 e. The van der Waals surface area contributed by atoms with Gasteiger partial charge in [-0.05, 0) is 18.2 Å². The molecule has 7 heteroatoms. The van der Waals surface area contributed by atoms with Crippen molar-refractivity contribution in [2.45, 2.75) is 17.7 Å². The van der Waals surface area contributed by atoms with Crippen LogP contribution in [0.3, 0.4) is 0 Å². The van der Waals surface area contributed by atoms with Gasteiger partial charge in [0.05, 0.1) is 6.42 Å². The molecule has 0 radical (unpaired) electrons. The van der Waals surface area contributed by atoms with E-state index in [4.69, 9.17) is 5.11 Å². The molecule has 0 bridgehead atoms. The number of halogens is 3. The average molecular weight is 252 g/mol. The normalized spacial score (nSPS) is 11.2. The number of carboxylic acids is 1. The van der Waals surface area contributed by atoms with Gasteiger partial charge in [0, 0.05) is 10.5 Å². The van der Waals surface area contributed by atoms with Crippen molar-refractivity contribution in [3.05, 3.63) is 23.8 Å². The number of thiol groups is 1. The smallest absolute Gasteiger partial charge is 0.481 e. The zero-order chi connectivity index (χ0) is 12.3. The highest BCUT2D eigenvalue weighted by Gasteiger charge is 2.32. The fraction of sp³-hybridized carbons (Fsp3) is 0.222. The van der Waals surface area contributed by atoms with Gasteiger partial charge in [0.2, 0.25) is 0 Å². The minimum atomic E-state index is -4.84. The minimum Gasteiger partial charge on any atom is -0.481 e. The first-order valence-electron chi connectivity index (χ1n) is 4.07. The third-order valence-electron chi connectivity index (χ3n) is 1.61. The fourth-order valence-electron chi connectivity index (χ4n) is 1.09. The van der Waals surface area contributed by atoms with Crippen molar-refractivity contribution in [2.24, 2.45) is 0 Å². The van der Waals surface area contributed by atoms with Crippen LogP contribution in [0.2, 0.25) is 0 Å². The second-order valence-electron chi connectivity index (χ2n) is 2.91. The molecule has 0 heterocycles. The van der Waals surface area contributed by atoms with Crippen molar-refractivity contribution in [3.63, 3.8) is 0 Å². The second kappa shape index (κ2) is 4.65. The first-order valence-corrected chi connectivity index (χ1v) is 4.52. The molecule has 0 saturated carbocycles. The monoisotopic (exact) mass is 252 g/mol. The van der Waals surface area contributed by atoms with Crippen molar-refractivity contribution in [3.8, 4) is 5.75 Å². The topological polar surface area (TPSA) is 46.5 Å². The maximum absolute atomic E-state index is 12.0. The molecule has 88 valence electrons. The number of rotatable bonds is 3. The Bertz CT molecular complexity index is 403. The number of benzene rings is 1. The van der Waals surface area contributed by atoms with Crippen LogP contribution in [0.25, 0.3) is 0 Å². The lowest BCUT2D eigenvalue weighted by Gasteiger charge is -2.12. The van der Waals surface area contributed by atoms with Crippen LogP contribution in [0.5, 0.6) is 5.75 Å². The van der Waals surface area contributed by atoms with Crippen LogP contribution in [0, 0.1) is 0 Å². The lowest BCUT2D eigenvalue weighted by atomic mass is 10.1. The van der Waals surface area contributed by atoms with Crippen LogP contribution in [0.15, 0.2) is 23.1 Å². The first kappa shape index (κ1) is 12.7. The Balaban J connectivity index is 3.02. The summed E-state index contributed by atoms with van der Waals surface area (Å²) < 4.78 is 39.6. The van der Waals surface area contributed by atoms with E-state index in [-0.39, 0.29) is 5.56 Å². The van der Waals surface area contributed by atoms with Crippen LogP contribution in [0.4, 0.5) is 13.2 Å². The van der Waals surface area contributed by atoms with Gasteiger partial charge in [-0.15, -0.1) is 25.8 Å². The predicted octanol–water partition coefficient (Wildman–Crippen LogP) is 2.50. The molecule has 0 spiro atoms. The van der Waals surface area contributed by atoms with E-state index in [2.05, 4.69) is 17.4 Å². The highest BCUT2D eigenvalue weighted by atomic mass is 32.1. The lowest BCUT2D eigenvalue weighted by Crippen LogP contribution is -2.18. The van der Waals surface area contributed by atoms with E-state index in [9.17, 15) is 18.0 Å². The maximum atomic E-state index is 12.0. The van der Waals surface area contributed by atoms with E-state index >= 15 is 0 Å². The minimum absolute atomic E-state index is 0.0719. The molecular formula is C9H7F3O3S. The van der Waals surface area contributed by atoms with Gasteiger partial charge in [-0.1, -0.05) is 0 Å². The molecular weight excluding hydrogens is 245 g/mol. The SMILES string of the molecule is O=C(O)Cc1cc(S)ccc1OC(F)(F)F. The molecule has 3 nitrogen and oxygen atoms in total. The van der Waals surface area contributed by atoms with E-state index < -0.39 is 24.5 Å². The van der Waals surface area contributed by atoms with Crippen molar-refractivity contribution >= 4 is 18.6 Å². The number of ether oxygens (including phenoxy) is 1. The zero-order valence-electron chi connectivity index (χ0n) is 7.78. The van der Waals surface area contributed by atoms with Crippen LogP contribution >= 0.6 is 12.6 Å². The molecule has 0 aliphatic rings. The molecule has 0 saturated heterocycles. The number of hydrogen-bond donors (Lipinski definition) is 2. The molecule has 0 amide bonds. The van der Waals surface area contributed by atoms with Crippen molar-refractivity contribution < 1.29 is 27.8 Å². The molecule has 1 aromatic rings. The molecule has 0 unspecified atom stereocenters. The van der Waals surface area contributed by atoms with Crippen molar-refractivity contribution in [2.75, 3.05) is 0 Å². The molecule has 0 aliphatic heterocycles. The highest BCUT2D eigenvalue weighted by Crippen LogP contribution is 2.28. The molecule has 16 heavy (non-hydrogen) atoms. The second-order valence-corrected chi connectivity index (χ2v) is 3.43. The average Bonchev–Trinajstić information content (AvgIpc) is 2.06. The molecule has 1 N–H and O–H groups in total. The van der Waals surface area contributed by atoms with E-state index in [0.717, 1.165) is 6.07 Å². The summed E-state index contributed by atoms with van der Waals surface area (Å²) in [4.78, 5) is 10.8. The van der Waals surface area contributed by atoms with Gasteiger partial charge in [0.25, 0.3) is 0 Å². The third kappa shape index (κ3) is 4.01. The summed E-state index contributed by atoms with van der Waals surface area (Å²) in [7, 11) is 0. The van der Waals surface area contributed by atoms with Crippen molar-refractivity contribution in [1.82, 2.24) is 0 Å². The van der Waals surface area contributed by atoms with Crippen LogP contribution in [0.1, 0.15) is 5.56 Å². The first-order chi connectivity index (χ1) is 7.28. The summed E-state index contributed by atoms with van der Waals surface area (Å²) in [6.07, 6.45) is -5.40. The van der Waals surface area contributed by atoms with Gasteiger partial charge in [0.15, 0.2) is 0 Å². The van der Waals surface area contributed by atoms with Gasteiger partial charge in [-0.2, -0.15) is 0 Å². The summed E-state index contributed by atoms with van der Waals surface area (Å²) >= 11 is 3.91. The van der Waals surface area contributed by atoms with E-state index in [1.807, 2.05) is 0 Å². The number of aliphatic carboxylic acids is 1. The Morgan fingerprint density at radius 1 is 1.44 bits per heavy atom. The third-order valence-corrected chi connectivity index (χ3v) is 1.89. The van der Waals surface area contributed by atoms with Gasteiger partial charge in [-0.3, -0.25) is 4.79 Å². The Hall–Kier alpha value is -1.37. The molecule has 0 fully saturated rings. The van der Waals surface area contributed by atoms with Crippen LogP contribution < -0.4 is 4.74 Å². The largest absolute Gasteiger partial charge is 0.573 e. The van der Waals surface area contributed by atoms with E-state index in [0.29, 0.717) is 4.90 Å². The molecule has 0 atom stereocenters. The van der Waals surface area contributed by atoms with Crippen molar-refractivity contribution in [1.29, 1.82) is 0 Å². The van der Waals surface area contributed by atoms with E-state index in [1.165, 1.54) is 12.1 Å². The predicted molar refractivity (Wildman–Crippen MR) is 51.7 cm³/mol. The quantitative estimate of drug-likeness (QED) is 0.812. The fourth-order valence-corrected chi connectivity index (χ4v) is 1.32. The molecule has 1 aromatic carbocycles. The Morgan fingerprint density at radius 2 is 2.06 bits per heavy atom. The van der Waals surface area contributed by atoms with Crippen LogP contribution in [-0.4, -0.2) is 17.4 Å². The Labute approximate surface area is 94.2 Å². The highest BCUT2D eigenvalue weighted by molar-refractivity contribution is 7.80. The number of alkyl halides is 3. The Morgan fingerprint density at radius 3 is 2.56 bits per heavy atom. The summed E-state index contributed by atoms with van der Waals surface area (Å²) in [5.41, 5.74) is -0.0719. The zero-order valence-corrected chi connectivity index (χ0v) is 8.68. The lowest BCUT2D eigenvalue weighted by molar-refractivity contribution is -0.275.